The summed E-state index contributed by atoms with van der Waals surface area (Å²) in [7, 11) is 0. The van der Waals surface area contributed by atoms with E-state index in [0.717, 1.165) is 10.0 Å². The molecule has 5 heteroatoms. The standard InChI is InChI=1S/C14H10BrCl2NO/c15-10-4-1-3-9(7-10)8-13(19)18-12-6-2-5-11(16)14(12)17/h1-7H,8H2,(H,18,19). The average Bonchev–Trinajstić information content (AvgIpc) is 2.35. The SMILES string of the molecule is O=C(Cc1cccc(Br)c1)Nc1cccc(Cl)c1Cl. The maximum atomic E-state index is 11.9. The Kier molecular flexibility index (Phi) is 4.86. The first-order valence-corrected chi connectivity index (χ1v) is 7.09. The van der Waals surface area contributed by atoms with E-state index in [1.54, 1.807) is 18.2 Å². The van der Waals surface area contributed by atoms with Crippen molar-refractivity contribution in [1.82, 2.24) is 0 Å². The molecule has 2 aromatic rings. The van der Waals surface area contributed by atoms with E-state index in [1.165, 1.54) is 0 Å². The lowest BCUT2D eigenvalue weighted by Gasteiger charge is -2.08. The van der Waals surface area contributed by atoms with Crippen LogP contribution in [0.3, 0.4) is 0 Å². The van der Waals surface area contributed by atoms with Crippen molar-refractivity contribution >= 4 is 50.7 Å². The fourth-order valence-electron chi connectivity index (χ4n) is 1.63. The van der Waals surface area contributed by atoms with Gasteiger partial charge >= 0.3 is 0 Å². The van der Waals surface area contributed by atoms with Crippen LogP contribution in [0.2, 0.25) is 10.0 Å². The lowest BCUT2D eigenvalue weighted by molar-refractivity contribution is -0.115. The molecule has 2 aromatic carbocycles. The largest absolute Gasteiger partial charge is 0.324 e. The molecule has 2 nitrogen and oxygen atoms in total. The summed E-state index contributed by atoms with van der Waals surface area (Å²) in [5.74, 6) is -0.137. The first-order valence-electron chi connectivity index (χ1n) is 5.54. The minimum Gasteiger partial charge on any atom is -0.324 e. The molecule has 2 rings (SSSR count). The lowest BCUT2D eigenvalue weighted by Crippen LogP contribution is -2.14. The van der Waals surface area contributed by atoms with Crippen molar-refractivity contribution in [2.75, 3.05) is 5.32 Å². The first kappa shape index (κ1) is 14.4. The highest BCUT2D eigenvalue weighted by molar-refractivity contribution is 9.10. The summed E-state index contributed by atoms with van der Waals surface area (Å²) in [6.07, 6.45) is 0.280. The van der Waals surface area contributed by atoms with E-state index in [1.807, 2.05) is 24.3 Å². The lowest BCUT2D eigenvalue weighted by atomic mass is 10.1. The molecule has 0 bridgehead atoms. The van der Waals surface area contributed by atoms with Crippen LogP contribution in [0.15, 0.2) is 46.9 Å². The van der Waals surface area contributed by atoms with Gasteiger partial charge in [0.15, 0.2) is 0 Å². The monoisotopic (exact) mass is 357 g/mol. The van der Waals surface area contributed by atoms with Crippen molar-refractivity contribution in [3.05, 3.63) is 62.5 Å². The smallest absolute Gasteiger partial charge is 0.228 e. The second-order valence-corrected chi connectivity index (χ2v) is 5.66. The van der Waals surface area contributed by atoms with Gasteiger partial charge in [0.25, 0.3) is 0 Å². The molecule has 0 radical (unpaired) electrons. The Hall–Kier alpha value is -1.03. The summed E-state index contributed by atoms with van der Waals surface area (Å²) in [5, 5.41) is 3.52. The molecule has 1 amide bonds. The Balaban J connectivity index is 2.08. The number of carbonyl (C=O) groups excluding carboxylic acids is 1. The summed E-state index contributed by atoms with van der Waals surface area (Å²) in [6, 6.07) is 12.7. The number of carbonyl (C=O) groups is 1. The number of halogens is 3. The van der Waals surface area contributed by atoms with Gasteiger partial charge in [0, 0.05) is 4.47 Å². The average molecular weight is 359 g/mol. The van der Waals surface area contributed by atoms with Crippen LogP contribution in [0.4, 0.5) is 5.69 Å². The van der Waals surface area contributed by atoms with Crippen LogP contribution >= 0.6 is 39.1 Å². The van der Waals surface area contributed by atoms with Crippen LogP contribution in [-0.4, -0.2) is 5.91 Å². The van der Waals surface area contributed by atoms with E-state index < -0.39 is 0 Å². The van der Waals surface area contributed by atoms with Gasteiger partial charge in [0.05, 0.1) is 22.2 Å². The topological polar surface area (TPSA) is 29.1 Å². The van der Waals surface area contributed by atoms with E-state index in [0.29, 0.717) is 15.7 Å². The minimum atomic E-state index is -0.137. The van der Waals surface area contributed by atoms with Crippen molar-refractivity contribution in [2.24, 2.45) is 0 Å². The van der Waals surface area contributed by atoms with Gasteiger partial charge in [-0.05, 0) is 29.8 Å². The van der Waals surface area contributed by atoms with Gasteiger partial charge in [-0.25, -0.2) is 0 Å². The third-order valence-electron chi connectivity index (χ3n) is 2.48. The zero-order valence-corrected chi connectivity index (χ0v) is 12.9. The van der Waals surface area contributed by atoms with Crippen LogP contribution < -0.4 is 5.32 Å². The predicted molar refractivity (Wildman–Crippen MR) is 82.9 cm³/mol. The molecule has 0 atom stereocenters. The van der Waals surface area contributed by atoms with Crippen molar-refractivity contribution in [3.8, 4) is 0 Å². The number of rotatable bonds is 3. The van der Waals surface area contributed by atoms with Gasteiger partial charge in [-0.2, -0.15) is 0 Å². The summed E-state index contributed by atoms with van der Waals surface area (Å²) in [4.78, 5) is 11.9. The molecule has 19 heavy (non-hydrogen) atoms. The molecule has 98 valence electrons. The van der Waals surface area contributed by atoms with Gasteiger partial charge in [0.1, 0.15) is 0 Å². The van der Waals surface area contributed by atoms with E-state index in [4.69, 9.17) is 23.2 Å². The van der Waals surface area contributed by atoms with Crippen molar-refractivity contribution in [1.29, 1.82) is 0 Å². The van der Waals surface area contributed by atoms with Gasteiger partial charge in [-0.3, -0.25) is 4.79 Å². The number of anilines is 1. The maximum Gasteiger partial charge on any atom is 0.228 e. The van der Waals surface area contributed by atoms with E-state index in [-0.39, 0.29) is 12.3 Å². The van der Waals surface area contributed by atoms with E-state index >= 15 is 0 Å². The van der Waals surface area contributed by atoms with Crippen LogP contribution in [0.5, 0.6) is 0 Å². The molecule has 0 unspecified atom stereocenters. The number of nitrogens with one attached hydrogen (secondary N) is 1. The minimum absolute atomic E-state index is 0.137. The Morgan fingerprint density at radius 1 is 1.16 bits per heavy atom. The summed E-state index contributed by atoms with van der Waals surface area (Å²) in [5.41, 5.74) is 1.44. The molecule has 0 aromatic heterocycles. The number of hydrogen-bond donors (Lipinski definition) is 1. The third kappa shape index (κ3) is 3.96. The fourth-order valence-corrected chi connectivity index (χ4v) is 2.42. The fraction of sp³-hybridized carbons (Fsp3) is 0.0714. The summed E-state index contributed by atoms with van der Waals surface area (Å²) >= 11 is 15.3. The van der Waals surface area contributed by atoms with Crippen molar-refractivity contribution in [3.63, 3.8) is 0 Å². The normalized spacial score (nSPS) is 10.3. The van der Waals surface area contributed by atoms with Crippen LogP contribution in [-0.2, 0) is 11.2 Å². The van der Waals surface area contributed by atoms with Gasteiger partial charge in [-0.1, -0.05) is 57.3 Å². The van der Waals surface area contributed by atoms with Crippen LogP contribution in [0, 0.1) is 0 Å². The highest BCUT2D eigenvalue weighted by Gasteiger charge is 2.09. The molecule has 0 saturated heterocycles. The first-order chi connectivity index (χ1) is 9.06. The van der Waals surface area contributed by atoms with Gasteiger partial charge < -0.3 is 5.32 Å². The molecular weight excluding hydrogens is 349 g/mol. The number of hydrogen-bond acceptors (Lipinski definition) is 1. The molecule has 0 saturated carbocycles. The van der Waals surface area contributed by atoms with E-state index in [2.05, 4.69) is 21.2 Å². The molecule has 0 fully saturated rings. The molecule has 0 spiro atoms. The molecule has 0 aliphatic rings. The highest BCUT2D eigenvalue weighted by Crippen LogP contribution is 2.29. The van der Waals surface area contributed by atoms with Gasteiger partial charge in [-0.15, -0.1) is 0 Å². The molecule has 0 aliphatic carbocycles. The Labute approximate surface area is 129 Å². The third-order valence-corrected chi connectivity index (χ3v) is 3.79. The highest BCUT2D eigenvalue weighted by atomic mass is 79.9. The quantitative estimate of drug-likeness (QED) is 0.827. The molecule has 0 aliphatic heterocycles. The molecular formula is C14H10BrCl2NO. The molecule has 0 heterocycles. The second-order valence-electron chi connectivity index (χ2n) is 3.96. The summed E-state index contributed by atoms with van der Waals surface area (Å²) < 4.78 is 0.943. The predicted octanol–water partition coefficient (Wildman–Crippen LogP) is 4.94. The van der Waals surface area contributed by atoms with Crippen LogP contribution in [0.25, 0.3) is 0 Å². The summed E-state index contributed by atoms with van der Waals surface area (Å²) in [6.45, 7) is 0. The van der Waals surface area contributed by atoms with Crippen LogP contribution in [0.1, 0.15) is 5.56 Å². The number of amides is 1. The molecule has 1 N–H and O–H groups in total. The van der Waals surface area contributed by atoms with Crippen molar-refractivity contribution in [2.45, 2.75) is 6.42 Å². The van der Waals surface area contributed by atoms with E-state index in [9.17, 15) is 4.79 Å². The Bertz CT molecular complexity index is 616. The number of benzene rings is 2. The van der Waals surface area contributed by atoms with Gasteiger partial charge in [0.2, 0.25) is 5.91 Å². The Morgan fingerprint density at radius 2 is 1.89 bits per heavy atom. The second kappa shape index (κ2) is 6.42. The maximum absolute atomic E-state index is 11.9. The van der Waals surface area contributed by atoms with Crippen molar-refractivity contribution < 1.29 is 4.79 Å². The zero-order chi connectivity index (χ0) is 13.8. The Morgan fingerprint density at radius 3 is 2.63 bits per heavy atom. The zero-order valence-electron chi connectivity index (χ0n) is 9.79.